The predicted molar refractivity (Wildman–Crippen MR) is 72.9 cm³/mol. The van der Waals surface area contributed by atoms with E-state index in [4.69, 9.17) is 0 Å². The lowest BCUT2D eigenvalue weighted by Gasteiger charge is -2.09. The summed E-state index contributed by atoms with van der Waals surface area (Å²) in [6.07, 6.45) is -2.92. The van der Waals surface area contributed by atoms with E-state index in [9.17, 15) is 22.0 Å². The smallest absolute Gasteiger partial charge is 0.359 e. The zero-order valence-corrected chi connectivity index (χ0v) is 10.9. The molecule has 3 aromatic rings. The lowest BCUT2D eigenvalue weighted by Crippen LogP contribution is -2.04. The van der Waals surface area contributed by atoms with E-state index in [0.717, 1.165) is 24.3 Å². The van der Waals surface area contributed by atoms with Crippen molar-refractivity contribution in [3.05, 3.63) is 59.8 Å². The monoisotopic (exact) mass is 312 g/mol. The highest BCUT2D eigenvalue weighted by Crippen LogP contribution is 2.32. The maximum atomic E-state index is 13.3. The minimum Gasteiger partial charge on any atom is -0.359 e. The van der Waals surface area contributed by atoms with Crippen molar-refractivity contribution in [3.8, 4) is 0 Å². The maximum absolute atomic E-state index is 13.3. The number of hydrogen-bond acceptors (Lipinski definition) is 1. The van der Waals surface area contributed by atoms with Crippen LogP contribution in [0.2, 0.25) is 0 Å². The highest BCUT2D eigenvalue weighted by Gasteiger charge is 2.29. The van der Waals surface area contributed by atoms with Gasteiger partial charge in [0.2, 0.25) is 0 Å². The second-order valence-electron chi connectivity index (χ2n) is 4.71. The van der Waals surface area contributed by atoms with Crippen LogP contribution in [0.4, 0.5) is 33.3 Å². The number of alkyl halides is 3. The van der Waals surface area contributed by atoms with Crippen LogP contribution >= 0.6 is 0 Å². The fourth-order valence-electron chi connectivity index (χ4n) is 2.12. The molecule has 0 unspecified atom stereocenters. The summed E-state index contributed by atoms with van der Waals surface area (Å²) in [5.74, 6) is -1.97. The Morgan fingerprint density at radius 3 is 2.18 bits per heavy atom. The quantitative estimate of drug-likeness (QED) is 0.625. The summed E-state index contributed by atoms with van der Waals surface area (Å²) in [6.45, 7) is 0. The Kier molecular flexibility index (Phi) is 3.27. The predicted octanol–water partition coefficient (Wildman–Crippen LogP) is 5.21. The zero-order valence-electron chi connectivity index (χ0n) is 10.9. The normalized spacial score (nSPS) is 11.9. The average Bonchev–Trinajstić information content (AvgIpc) is 2.81. The molecule has 2 N–H and O–H groups in total. The van der Waals surface area contributed by atoms with Crippen molar-refractivity contribution in [3.63, 3.8) is 0 Å². The number of halogens is 5. The van der Waals surface area contributed by atoms with Crippen molar-refractivity contribution in [1.82, 2.24) is 4.98 Å². The van der Waals surface area contributed by atoms with Crippen LogP contribution in [0.25, 0.3) is 10.9 Å². The number of anilines is 2. The third-order valence-electron chi connectivity index (χ3n) is 3.21. The molecule has 2 aromatic carbocycles. The van der Waals surface area contributed by atoms with E-state index in [1.807, 2.05) is 0 Å². The lowest BCUT2D eigenvalue weighted by molar-refractivity contribution is -0.137. The van der Waals surface area contributed by atoms with E-state index in [0.29, 0.717) is 22.3 Å². The van der Waals surface area contributed by atoms with Gasteiger partial charge in [0.05, 0.1) is 16.8 Å². The van der Waals surface area contributed by atoms with Gasteiger partial charge in [0.25, 0.3) is 0 Å². The Hall–Kier alpha value is -2.57. The molecule has 2 nitrogen and oxygen atoms in total. The average molecular weight is 312 g/mol. The molecule has 0 spiro atoms. The molecule has 114 valence electrons. The Morgan fingerprint density at radius 2 is 1.55 bits per heavy atom. The molecule has 0 aliphatic carbocycles. The molecule has 22 heavy (non-hydrogen) atoms. The van der Waals surface area contributed by atoms with Gasteiger partial charge >= 0.3 is 6.18 Å². The first-order valence-electron chi connectivity index (χ1n) is 6.25. The van der Waals surface area contributed by atoms with E-state index in [-0.39, 0.29) is 0 Å². The molecular formula is C15H9F5N2. The number of aromatic amines is 1. The van der Waals surface area contributed by atoms with Gasteiger partial charge in [-0.1, -0.05) is 0 Å². The summed E-state index contributed by atoms with van der Waals surface area (Å²) >= 11 is 0. The topological polar surface area (TPSA) is 27.8 Å². The molecule has 0 radical (unpaired) electrons. The number of benzene rings is 2. The Labute approximate surface area is 121 Å². The molecule has 7 heteroatoms. The van der Waals surface area contributed by atoms with Gasteiger partial charge in [-0.3, -0.25) is 0 Å². The van der Waals surface area contributed by atoms with Crippen molar-refractivity contribution < 1.29 is 22.0 Å². The molecule has 1 aromatic heterocycles. The van der Waals surface area contributed by atoms with Gasteiger partial charge in [-0.25, -0.2) is 8.78 Å². The van der Waals surface area contributed by atoms with Gasteiger partial charge in [0.1, 0.15) is 0 Å². The fraction of sp³-hybridized carbons (Fsp3) is 0.0667. The number of nitrogens with one attached hydrogen (secondary N) is 2. The van der Waals surface area contributed by atoms with Gasteiger partial charge in [-0.15, -0.1) is 0 Å². The van der Waals surface area contributed by atoms with E-state index in [1.54, 1.807) is 0 Å². The number of hydrogen-bond donors (Lipinski definition) is 2. The van der Waals surface area contributed by atoms with Crippen LogP contribution in [-0.2, 0) is 6.18 Å². The minimum absolute atomic E-state index is 0.383. The summed E-state index contributed by atoms with van der Waals surface area (Å²) in [6, 6.07) is 6.45. The Bertz CT molecular complexity index is 818. The van der Waals surface area contributed by atoms with Crippen molar-refractivity contribution in [2.75, 3.05) is 5.32 Å². The summed E-state index contributed by atoms with van der Waals surface area (Å²) in [4.78, 5) is 2.76. The fourth-order valence-corrected chi connectivity index (χ4v) is 2.12. The van der Waals surface area contributed by atoms with Gasteiger partial charge < -0.3 is 10.3 Å². The highest BCUT2D eigenvalue weighted by molar-refractivity contribution is 5.94. The van der Waals surface area contributed by atoms with Gasteiger partial charge in [0, 0.05) is 23.3 Å². The molecule has 0 saturated carbocycles. The molecule has 0 amide bonds. The number of aromatic nitrogens is 1. The number of H-pyrrole nitrogens is 1. The summed E-state index contributed by atoms with van der Waals surface area (Å²) in [7, 11) is 0. The molecular weight excluding hydrogens is 303 g/mol. The zero-order chi connectivity index (χ0) is 15.9. The first kappa shape index (κ1) is 14.4. The molecule has 0 saturated heterocycles. The van der Waals surface area contributed by atoms with Crippen LogP contribution < -0.4 is 5.32 Å². The maximum Gasteiger partial charge on any atom is 0.416 e. The van der Waals surface area contributed by atoms with Crippen LogP contribution in [0.1, 0.15) is 5.56 Å². The summed E-state index contributed by atoms with van der Waals surface area (Å²) in [5.41, 5.74) is 0.464. The van der Waals surface area contributed by atoms with Crippen LogP contribution in [0, 0.1) is 11.6 Å². The standard InChI is InChI=1S/C15H9F5N2/c16-11-5-10-13(6-12(11)17)21-7-14(10)22-9-3-1-8(2-4-9)15(18,19)20/h1-7,21-22H. The SMILES string of the molecule is Fc1cc2[nH]cc(Nc3ccc(C(F)(F)F)cc3)c2cc1F. The van der Waals surface area contributed by atoms with Crippen LogP contribution in [0.5, 0.6) is 0 Å². The number of rotatable bonds is 2. The molecule has 0 fully saturated rings. The molecule has 1 heterocycles. The van der Waals surface area contributed by atoms with Gasteiger partial charge in [-0.2, -0.15) is 13.2 Å². The minimum atomic E-state index is -4.40. The lowest BCUT2D eigenvalue weighted by atomic mass is 10.2. The van der Waals surface area contributed by atoms with Crippen LogP contribution in [0.3, 0.4) is 0 Å². The van der Waals surface area contributed by atoms with Crippen molar-refractivity contribution in [1.29, 1.82) is 0 Å². The second-order valence-corrected chi connectivity index (χ2v) is 4.71. The summed E-state index contributed by atoms with van der Waals surface area (Å²) < 4.78 is 63.9. The first-order chi connectivity index (χ1) is 10.3. The molecule has 3 rings (SSSR count). The van der Waals surface area contributed by atoms with Crippen LogP contribution in [0.15, 0.2) is 42.6 Å². The molecule has 0 atom stereocenters. The van der Waals surface area contributed by atoms with Crippen molar-refractivity contribution in [2.24, 2.45) is 0 Å². The summed E-state index contributed by atoms with van der Waals surface area (Å²) in [5, 5.41) is 3.27. The highest BCUT2D eigenvalue weighted by atomic mass is 19.4. The van der Waals surface area contributed by atoms with E-state index in [1.165, 1.54) is 18.3 Å². The number of fused-ring (bicyclic) bond motifs is 1. The Morgan fingerprint density at radius 1 is 0.909 bits per heavy atom. The van der Waals surface area contributed by atoms with Crippen molar-refractivity contribution in [2.45, 2.75) is 6.18 Å². The first-order valence-corrected chi connectivity index (χ1v) is 6.25. The third-order valence-corrected chi connectivity index (χ3v) is 3.21. The molecule has 0 aliphatic heterocycles. The van der Waals surface area contributed by atoms with Gasteiger partial charge in [-0.05, 0) is 30.3 Å². The van der Waals surface area contributed by atoms with Crippen LogP contribution in [-0.4, -0.2) is 4.98 Å². The largest absolute Gasteiger partial charge is 0.416 e. The molecule has 0 bridgehead atoms. The molecule has 0 aliphatic rings. The van der Waals surface area contributed by atoms with E-state index >= 15 is 0 Å². The van der Waals surface area contributed by atoms with E-state index in [2.05, 4.69) is 10.3 Å². The van der Waals surface area contributed by atoms with E-state index < -0.39 is 23.4 Å². The second kappa shape index (κ2) is 5.01. The van der Waals surface area contributed by atoms with Crippen molar-refractivity contribution >= 4 is 22.3 Å². The Balaban J connectivity index is 1.92. The third kappa shape index (κ3) is 2.61. The van der Waals surface area contributed by atoms with Gasteiger partial charge in [0.15, 0.2) is 11.6 Å².